The van der Waals surface area contributed by atoms with E-state index in [0.29, 0.717) is 70.4 Å². The van der Waals surface area contributed by atoms with Gasteiger partial charge in [0.25, 0.3) is 40.5 Å². The fraction of sp³-hybridized carbons (Fsp3) is 0.694. The van der Waals surface area contributed by atoms with Gasteiger partial charge in [0.15, 0.2) is 11.3 Å². The molecule has 4 aliphatic rings. The lowest BCUT2D eigenvalue weighted by atomic mass is 9.58. The van der Waals surface area contributed by atoms with Crippen LogP contribution in [0, 0.1) is 5.92 Å². The van der Waals surface area contributed by atoms with Crippen LogP contribution in [0.3, 0.4) is 0 Å². The Kier molecular flexibility index (Phi) is 25.4. The van der Waals surface area contributed by atoms with Gasteiger partial charge in [0, 0.05) is 45.8 Å². The van der Waals surface area contributed by atoms with Crippen molar-refractivity contribution < 1.29 is 60.6 Å². The summed E-state index contributed by atoms with van der Waals surface area (Å²) in [6.45, 7) is 6.44. The van der Waals surface area contributed by atoms with Gasteiger partial charge in [0.05, 0.1) is 40.9 Å². The summed E-state index contributed by atoms with van der Waals surface area (Å²) in [5.41, 5.74) is 0.926. The summed E-state index contributed by atoms with van der Waals surface area (Å²) in [6, 6.07) is 14.6. The van der Waals surface area contributed by atoms with Gasteiger partial charge in [-0.2, -0.15) is 33.7 Å². The number of hydrogen-bond donors (Lipinski definition) is 5. The minimum atomic E-state index is -4.04. The molecule has 2 aliphatic carbocycles. The predicted octanol–water partition coefficient (Wildman–Crippen LogP) is 11.9. The molecule has 3 unspecified atom stereocenters. The topological polar surface area (TPSA) is 262 Å². The second-order valence-electron chi connectivity index (χ2n) is 23.8. The summed E-state index contributed by atoms with van der Waals surface area (Å²) in [7, 11) is -16.1. The van der Waals surface area contributed by atoms with E-state index in [1.165, 1.54) is 0 Å². The van der Waals surface area contributed by atoms with Gasteiger partial charge in [-0.25, -0.2) is 0 Å². The summed E-state index contributed by atoms with van der Waals surface area (Å²) >= 11 is 0. The van der Waals surface area contributed by atoms with E-state index in [0.717, 1.165) is 134 Å². The molecule has 5 N–H and O–H groups in total. The number of nitrogens with one attached hydrogen (secondary N) is 3. The van der Waals surface area contributed by atoms with Crippen molar-refractivity contribution in [2.45, 2.75) is 217 Å². The maximum atomic E-state index is 13.4. The van der Waals surface area contributed by atoms with E-state index < -0.39 is 108 Å². The molecule has 1 saturated carbocycles. The molecule has 18 nitrogen and oxygen atoms in total. The maximum Gasteiger partial charge on any atom is 0.267 e. The van der Waals surface area contributed by atoms with Crippen LogP contribution in [0.1, 0.15) is 210 Å². The fourth-order valence-electron chi connectivity index (χ4n) is 12.2. The first-order chi connectivity index (χ1) is 40.2. The minimum Gasteiger partial charge on any atom is -0.392 e. The van der Waals surface area contributed by atoms with E-state index in [1.54, 1.807) is 36.4 Å². The zero-order valence-corrected chi connectivity index (χ0v) is 53.4. The minimum absolute atomic E-state index is 0.184. The van der Waals surface area contributed by atoms with Gasteiger partial charge in [0.1, 0.15) is 26.4 Å². The van der Waals surface area contributed by atoms with Crippen molar-refractivity contribution in [2.24, 2.45) is 10.9 Å². The van der Waals surface area contributed by atoms with Crippen LogP contribution in [0.5, 0.6) is 0 Å². The number of anilines is 3. The maximum absolute atomic E-state index is 13.4. The van der Waals surface area contributed by atoms with Crippen LogP contribution < -0.4 is 16.0 Å². The lowest BCUT2D eigenvalue weighted by Gasteiger charge is -2.51. The highest BCUT2D eigenvalue weighted by atomic mass is 32.2. The predicted molar refractivity (Wildman–Crippen MR) is 336 cm³/mol. The number of aliphatic hydroxyl groups is 2. The first-order valence-corrected chi connectivity index (χ1v) is 37.7. The molecule has 22 heteroatoms. The van der Waals surface area contributed by atoms with E-state index >= 15 is 0 Å². The number of unbranched alkanes of at least 4 members (excludes halogenated alkanes) is 20. The van der Waals surface area contributed by atoms with Gasteiger partial charge < -0.3 is 26.2 Å². The molecule has 7 rings (SSSR count). The molecular weight excluding hydrogens is 1150 g/mol. The third kappa shape index (κ3) is 18.7. The number of nitrogens with zero attached hydrogens (tertiary/aromatic N) is 1. The van der Waals surface area contributed by atoms with E-state index in [-0.39, 0.29) is 23.0 Å². The monoisotopic (exact) mass is 1250 g/mol. The summed E-state index contributed by atoms with van der Waals surface area (Å²) in [5, 5.41) is 36.0. The van der Waals surface area contributed by atoms with E-state index in [4.69, 9.17) is 21.7 Å². The summed E-state index contributed by atoms with van der Waals surface area (Å²) in [5.74, 6) is -2.68. The molecule has 3 atom stereocenters. The number of allylic oxidation sites excluding steroid dienone is 2. The molecule has 0 aromatic heterocycles. The zero-order valence-electron chi connectivity index (χ0n) is 50.2. The first-order valence-electron chi connectivity index (χ1n) is 31.4. The second kappa shape index (κ2) is 31.5. The second-order valence-corrected chi connectivity index (χ2v) is 30.9. The van der Waals surface area contributed by atoms with Gasteiger partial charge in [0.2, 0.25) is 0 Å². The molecule has 0 bridgehead atoms. The summed E-state index contributed by atoms with van der Waals surface area (Å²) in [6.07, 6.45) is 22.6. The highest BCUT2D eigenvalue weighted by molar-refractivity contribution is 7.87. The van der Waals surface area contributed by atoms with Gasteiger partial charge in [-0.3, -0.25) is 21.7 Å². The zero-order chi connectivity index (χ0) is 60.4. The largest absolute Gasteiger partial charge is 0.392 e. The van der Waals surface area contributed by atoms with Crippen molar-refractivity contribution >= 4 is 74.0 Å². The van der Waals surface area contributed by atoms with Crippen LogP contribution in [0.2, 0.25) is 0 Å². The van der Waals surface area contributed by atoms with Crippen LogP contribution in [0.25, 0.3) is 10.8 Å². The van der Waals surface area contributed by atoms with Crippen molar-refractivity contribution in [2.75, 3.05) is 65.4 Å². The average Bonchev–Trinajstić information content (AvgIpc) is 1.22. The van der Waals surface area contributed by atoms with E-state index in [9.17, 15) is 43.9 Å². The van der Waals surface area contributed by atoms with E-state index in [1.807, 2.05) is 24.3 Å². The fourth-order valence-corrected chi connectivity index (χ4v) is 16.4. The molecule has 2 aliphatic heterocycles. The highest BCUT2D eigenvalue weighted by Gasteiger charge is 2.55. The van der Waals surface area contributed by atoms with Gasteiger partial charge in [-0.05, 0) is 66.5 Å². The Morgan fingerprint density at radius 2 is 0.869 bits per heavy atom. The molecule has 0 spiro atoms. The summed E-state index contributed by atoms with van der Waals surface area (Å²) < 4.78 is 130. The SMILES string of the molecule is CCCCCCCCS(=O)(=O)OCC1(COS(=O)(=O)CCCCCCCC)N=C2C=CC(C3C(O)C(c4ccc5c6c(cccc46)NC(COS(=O)(=O)CCCCCCCC)(COS(=O)(=O)CCCCCCCC)N5)C3O)c3cccc(c32)N1. The van der Waals surface area contributed by atoms with Crippen LogP contribution in [0.15, 0.2) is 65.7 Å². The Balaban J connectivity index is 1.10. The molecular formula is C62H96N4O14S4. The normalized spacial score (nSPS) is 20.6. The van der Waals surface area contributed by atoms with Crippen molar-refractivity contribution in [1.82, 2.24) is 0 Å². The molecule has 472 valence electrons. The van der Waals surface area contributed by atoms with Crippen LogP contribution in [-0.4, -0.2) is 123 Å². The molecule has 3 aromatic carbocycles. The lowest BCUT2D eigenvalue weighted by molar-refractivity contribution is -0.121. The third-order valence-electron chi connectivity index (χ3n) is 16.9. The van der Waals surface area contributed by atoms with Crippen molar-refractivity contribution in [1.29, 1.82) is 0 Å². The number of hydrogen-bond acceptors (Lipinski definition) is 18. The molecule has 1 fully saturated rings. The molecule has 0 radical (unpaired) electrons. The van der Waals surface area contributed by atoms with Crippen LogP contribution in [0.4, 0.5) is 17.1 Å². The Bertz CT molecular complexity index is 3010. The lowest BCUT2D eigenvalue weighted by Crippen LogP contribution is -2.57. The standard InChI is InChI=1S/C62H96N4O14S4/c1-5-9-13-17-21-25-39-81(69,70)77-43-61(44-78-82(71,72)40-26-22-18-14-10-6-2)63-51-33-29-31-47-49(35-37-53(65-61)55(47)51)57-59(67)58(60(57)68)50-36-38-54-56-48(50)32-30-34-52(56)64-62(66-54,45-79-83(73,74)41-27-23-19-15-11-7-3)46-80-84(75,76)42-28-24-20-16-12-8-4/h29-38,49,57-60,63-64,66-68H,5-28,39-46H2,1-4H3. The van der Waals surface area contributed by atoms with Crippen LogP contribution >= 0.6 is 0 Å². The molecule has 0 amide bonds. The third-order valence-corrected chi connectivity index (χ3v) is 22.0. The molecule has 3 aromatic rings. The smallest absolute Gasteiger partial charge is 0.267 e. The van der Waals surface area contributed by atoms with Crippen LogP contribution in [-0.2, 0) is 57.2 Å². The van der Waals surface area contributed by atoms with Crippen molar-refractivity contribution in [3.63, 3.8) is 0 Å². The van der Waals surface area contributed by atoms with Gasteiger partial charge >= 0.3 is 0 Å². The number of aliphatic imine (C=N–C) groups is 1. The highest BCUT2D eigenvalue weighted by Crippen LogP contribution is 2.54. The summed E-state index contributed by atoms with van der Waals surface area (Å²) in [4.78, 5) is 4.99. The average molecular weight is 1250 g/mol. The first kappa shape index (κ1) is 67.8. The van der Waals surface area contributed by atoms with E-state index in [2.05, 4.69) is 43.6 Å². The molecule has 84 heavy (non-hydrogen) atoms. The van der Waals surface area contributed by atoms with Crippen molar-refractivity contribution in [3.05, 3.63) is 77.4 Å². The Morgan fingerprint density at radius 3 is 1.33 bits per heavy atom. The van der Waals surface area contributed by atoms with Gasteiger partial charge in [-0.15, -0.1) is 0 Å². The number of rotatable bonds is 42. The Morgan fingerprint density at radius 1 is 0.464 bits per heavy atom. The Labute approximate surface area is 502 Å². The van der Waals surface area contributed by atoms with Gasteiger partial charge in [-0.1, -0.05) is 193 Å². The Hall–Kier alpha value is -3.71. The van der Waals surface area contributed by atoms with Crippen molar-refractivity contribution in [3.8, 4) is 0 Å². The quantitative estimate of drug-likeness (QED) is 0.0261. The molecule has 2 heterocycles. The number of aliphatic hydroxyl groups excluding tert-OH is 2. The molecule has 0 saturated heterocycles. The number of benzene rings is 3.